The molecule has 0 aliphatic carbocycles. The molecule has 0 fully saturated rings. The molecule has 4 heteroatoms. The highest BCUT2D eigenvalue weighted by atomic mass is 28.3. The van der Waals surface area contributed by atoms with Gasteiger partial charge in [0.05, 0.1) is 0 Å². The second kappa shape index (κ2) is 13.1. The molecule has 2 N–H and O–H groups in total. The molecular weight excluding hydrogens is 593 g/mol. The quantitative estimate of drug-likeness (QED) is 0.248. The van der Waals surface area contributed by atoms with Gasteiger partial charge in [0.2, 0.25) is 0 Å². The van der Waals surface area contributed by atoms with E-state index in [-0.39, 0.29) is 21.7 Å². The summed E-state index contributed by atoms with van der Waals surface area (Å²) in [6, 6.07) is 14.0. The second-order valence-electron chi connectivity index (χ2n) is 20.3. The lowest BCUT2D eigenvalue weighted by Crippen LogP contribution is -2.58. The van der Waals surface area contributed by atoms with Crippen LogP contribution in [0.25, 0.3) is 0 Å². The summed E-state index contributed by atoms with van der Waals surface area (Å²) >= 11 is 0. The van der Waals surface area contributed by atoms with E-state index >= 15 is 0 Å². The van der Waals surface area contributed by atoms with Crippen molar-refractivity contribution in [2.75, 3.05) is 0 Å². The number of aliphatic hydroxyl groups is 2. The lowest BCUT2D eigenvalue weighted by molar-refractivity contribution is -0.0565. The van der Waals surface area contributed by atoms with Gasteiger partial charge in [0, 0.05) is 27.3 Å². The van der Waals surface area contributed by atoms with Crippen LogP contribution in [0.1, 0.15) is 116 Å². The maximum Gasteiger partial charge on any atom is 0.162 e. The molecule has 0 aromatic heterocycles. The van der Waals surface area contributed by atoms with Gasteiger partial charge in [0.25, 0.3) is 0 Å². The largest absolute Gasteiger partial charge is 0.374 e. The van der Waals surface area contributed by atoms with Crippen molar-refractivity contribution >= 4 is 16.1 Å². The average Bonchev–Trinajstić information content (AvgIpc) is 2.81. The molecule has 2 aromatic carbocycles. The Morgan fingerprint density at radius 1 is 0.435 bits per heavy atom. The number of hydrogen-bond donors (Lipinski definition) is 2. The zero-order valence-corrected chi connectivity index (χ0v) is 34.8. The smallest absolute Gasteiger partial charge is 0.162 e. The van der Waals surface area contributed by atoms with Crippen molar-refractivity contribution < 1.29 is 10.2 Å². The number of hydrogen-bond acceptors (Lipinski definition) is 2. The summed E-state index contributed by atoms with van der Waals surface area (Å²) in [6.45, 7) is 40.0. The van der Waals surface area contributed by atoms with Crippen LogP contribution in [0.5, 0.6) is 0 Å². The van der Waals surface area contributed by atoms with Crippen molar-refractivity contribution in [1.29, 1.82) is 0 Å². The maximum absolute atomic E-state index is 12.7. The molecule has 0 spiro atoms. The van der Waals surface area contributed by atoms with Gasteiger partial charge in [0.1, 0.15) is 0 Å². The van der Waals surface area contributed by atoms with E-state index in [0.29, 0.717) is 12.1 Å². The van der Waals surface area contributed by atoms with Crippen LogP contribution in [0, 0.1) is 23.7 Å². The van der Waals surface area contributed by atoms with Gasteiger partial charge < -0.3 is 10.2 Å². The molecule has 254 valence electrons. The van der Waals surface area contributed by atoms with Crippen LogP contribution in [0.4, 0.5) is 0 Å². The van der Waals surface area contributed by atoms with E-state index < -0.39 is 27.3 Å². The molecule has 0 aliphatic rings. The van der Waals surface area contributed by atoms with Crippen LogP contribution < -0.4 is 0 Å². The Morgan fingerprint density at radius 3 is 0.826 bits per heavy atom. The fourth-order valence-corrected chi connectivity index (χ4v) is 9.44. The minimum atomic E-state index is -1.94. The monoisotopic (exact) mass is 658 g/mol. The first kappa shape index (κ1) is 40.1. The highest BCUT2D eigenvalue weighted by Gasteiger charge is 2.51. The highest BCUT2D eigenvalue weighted by molar-refractivity contribution is 6.77. The molecule has 2 atom stereocenters. The molecule has 46 heavy (non-hydrogen) atoms. The topological polar surface area (TPSA) is 40.5 Å². The first-order valence-corrected chi connectivity index (χ1v) is 24.5. The Hall–Kier alpha value is -2.09. The molecule has 0 aliphatic heterocycles. The third-order valence-corrected chi connectivity index (χ3v) is 11.6. The van der Waals surface area contributed by atoms with E-state index in [1.54, 1.807) is 0 Å². The van der Waals surface area contributed by atoms with E-state index in [1.807, 2.05) is 0 Å². The van der Waals surface area contributed by atoms with Crippen LogP contribution in [-0.4, -0.2) is 37.6 Å². The molecule has 0 amide bonds. The molecule has 0 bridgehead atoms. The van der Waals surface area contributed by atoms with Gasteiger partial charge in [-0.25, -0.2) is 0 Å². The molecule has 2 nitrogen and oxygen atoms in total. The van der Waals surface area contributed by atoms with Crippen LogP contribution in [0.3, 0.4) is 0 Å². The first-order chi connectivity index (χ1) is 20.2. The summed E-state index contributed by atoms with van der Waals surface area (Å²) < 4.78 is 0. The number of benzene rings is 2. The summed E-state index contributed by atoms with van der Waals surface area (Å²) in [6.07, 6.45) is 0. The van der Waals surface area contributed by atoms with Crippen LogP contribution in [-0.2, 0) is 21.7 Å². The predicted octanol–water partition coefficient (Wildman–Crippen LogP) is 10.4. The van der Waals surface area contributed by atoms with Crippen LogP contribution in [0.15, 0.2) is 36.4 Å². The number of rotatable bonds is 5. The van der Waals surface area contributed by atoms with E-state index in [2.05, 4.69) is 182 Å². The fourth-order valence-electron chi connectivity index (χ4n) is 5.61. The van der Waals surface area contributed by atoms with Crippen LogP contribution in [0.2, 0.25) is 51.4 Å². The van der Waals surface area contributed by atoms with Crippen molar-refractivity contribution in [2.45, 2.75) is 167 Å². The molecule has 0 saturated carbocycles. The lowest BCUT2D eigenvalue weighted by Gasteiger charge is -2.42. The van der Waals surface area contributed by atoms with Crippen LogP contribution >= 0.6 is 0 Å². The van der Waals surface area contributed by atoms with Crippen molar-refractivity contribution in [3.05, 3.63) is 69.8 Å². The Kier molecular flexibility index (Phi) is 11.4. The molecular formula is C42H66O2Si2. The Labute approximate surface area is 286 Å². The third kappa shape index (κ3) is 11.3. The van der Waals surface area contributed by atoms with Crippen molar-refractivity contribution in [2.24, 2.45) is 0 Å². The summed E-state index contributed by atoms with van der Waals surface area (Å²) in [5.74, 6) is 13.4. The van der Waals surface area contributed by atoms with Crippen molar-refractivity contribution in [1.82, 2.24) is 0 Å². The van der Waals surface area contributed by atoms with Crippen molar-refractivity contribution in [3.8, 4) is 23.7 Å². The van der Waals surface area contributed by atoms with Gasteiger partial charge in [-0.2, -0.15) is 0 Å². The Balaban J connectivity index is 2.95. The zero-order valence-electron chi connectivity index (χ0n) is 32.8. The van der Waals surface area contributed by atoms with Gasteiger partial charge in [-0.3, -0.25) is 0 Å². The van der Waals surface area contributed by atoms with Gasteiger partial charge in [0.15, 0.2) is 11.2 Å². The van der Waals surface area contributed by atoms with E-state index in [1.165, 1.54) is 22.3 Å². The summed E-state index contributed by atoms with van der Waals surface area (Å²) in [4.78, 5) is 0. The molecule has 0 radical (unpaired) electrons. The van der Waals surface area contributed by atoms with Gasteiger partial charge in [-0.05, 0) is 80.3 Å². The third-order valence-electron chi connectivity index (χ3n) is 8.41. The molecule has 2 unspecified atom stereocenters. The minimum Gasteiger partial charge on any atom is -0.374 e. The molecule has 2 aromatic rings. The van der Waals surface area contributed by atoms with Crippen molar-refractivity contribution in [3.63, 3.8) is 0 Å². The van der Waals surface area contributed by atoms with E-state index in [9.17, 15) is 10.2 Å². The van der Waals surface area contributed by atoms with Gasteiger partial charge in [-0.15, -0.1) is 0 Å². The Morgan fingerprint density at radius 2 is 0.652 bits per heavy atom. The Bertz CT molecular complexity index is 1340. The first-order valence-electron chi connectivity index (χ1n) is 17.1. The van der Waals surface area contributed by atoms with E-state index in [0.717, 1.165) is 11.1 Å². The second-order valence-corrected chi connectivity index (χ2v) is 31.2. The zero-order chi connectivity index (χ0) is 35.9. The molecule has 0 heterocycles. The van der Waals surface area contributed by atoms with Gasteiger partial charge >= 0.3 is 0 Å². The molecule has 0 saturated heterocycles. The standard InChI is InChI=1S/C42H66O2Si2/c1-37(2,3)33-23-31(24-34(27-33)38(4,5)6)19-21-41(43,29-45(13,14)15)42(44,30-46(16,17)18)22-20-32-25-35(39(7,8)9)28-36(26-32)40(10,11)12/h23-28,43-44H,29-30H2,1-18H3. The maximum atomic E-state index is 12.7. The lowest BCUT2D eigenvalue weighted by atomic mass is 9.79. The van der Waals surface area contributed by atoms with Gasteiger partial charge in [-0.1, -0.05) is 158 Å². The summed E-state index contributed by atoms with van der Waals surface area (Å²) in [7, 11) is -3.88. The summed E-state index contributed by atoms with van der Waals surface area (Å²) in [5, 5.41) is 25.5. The SMILES string of the molecule is CC(C)(C)c1cc(C#CC(O)(C[Si](C)(C)C)C(O)(C#Cc2cc(C(C)(C)C)cc(C(C)(C)C)c2)C[Si](C)(C)C)cc(C(C)(C)C)c1. The predicted molar refractivity (Wildman–Crippen MR) is 208 cm³/mol. The van der Waals surface area contributed by atoms with E-state index in [4.69, 9.17) is 0 Å². The average molecular weight is 659 g/mol. The fraction of sp³-hybridized carbons (Fsp3) is 0.619. The molecule has 2 rings (SSSR count). The highest BCUT2D eigenvalue weighted by Crippen LogP contribution is 2.38. The summed E-state index contributed by atoms with van der Waals surface area (Å²) in [5.41, 5.74) is 2.97. The normalized spacial score (nSPS) is 16.0. The minimum absolute atomic E-state index is 0.0517.